The molecule has 2 aromatic rings. The Kier molecular flexibility index (Phi) is 2.06. The fourth-order valence-corrected chi connectivity index (χ4v) is 1.17. The van der Waals surface area contributed by atoms with E-state index in [1.807, 2.05) is 0 Å². The minimum atomic E-state index is 0.107. The Morgan fingerprint density at radius 1 is 1.43 bits per heavy atom. The van der Waals surface area contributed by atoms with E-state index in [0.717, 1.165) is 5.56 Å². The van der Waals surface area contributed by atoms with Gasteiger partial charge in [0.15, 0.2) is 17.3 Å². The van der Waals surface area contributed by atoms with Crippen molar-refractivity contribution in [1.82, 2.24) is 15.2 Å². The number of nitrogens with one attached hydrogen (secondary N) is 1. The summed E-state index contributed by atoms with van der Waals surface area (Å²) in [6, 6.07) is 4.98. The third-order valence-electron chi connectivity index (χ3n) is 1.87. The van der Waals surface area contributed by atoms with E-state index < -0.39 is 0 Å². The molecule has 1 aromatic heterocycles. The number of benzene rings is 1. The molecule has 0 saturated carbocycles. The molecule has 0 amide bonds. The average molecular weight is 191 g/mol. The standard InChI is InChI=1S/C9H9N3O2/c1-14-8-4-6(2-3-7(8)13)9-10-5-11-12-9/h2-5,13H,1H3,(H,10,11,12). The van der Waals surface area contributed by atoms with E-state index in [1.54, 1.807) is 18.2 Å². The molecule has 0 aliphatic rings. The first-order valence-corrected chi connectivity index (χ1v) is 4.04. The Labute approximate surface area is 80.4 Å². The number of methoxy groups -OCH3 is 1. The molecular formula is C9H9N3O2. The lowest BCUT2D eigenvalue weighted by Crippen LogP contribution is -1.86. The number of aromatic amines is 1. The van der Waals surface area contributed by atoms with Crippen molar-refractivity contribution in [2.45, 2.75) is 0 Å². The molecule has 1 aromatic carbocycles. The van der Waals surface area contributed by atoms with Crippen LogP contribution in [0.2, 0.25) is 0 Å². The second-order valence-electron chi connectivity index (χ2n) is 2.72. The van der Waals surface area contributed by atoms with Crippen LogP contribution in [0.25, 0.3) is 11.4 Å². The van der Waals surface area contributed by atoms with Gasteiger partial charge in [0.2, 0.25) is 0 Å². The minimum Gasteiger partial charge on any atom is -0.504 e. The molecule has 0 aliphatic carbocycles. The van der Waals surface area contributed by atoms with Gasteiger partial charge in [-0.3, -0.25) is 5.10 Å². The van der Waals surface area contributed by atoms with E-state index in [0.29, 0.717) is 11.6 Å². The second kappa shape index (κ2) is 3.37. The maximum absolute atomic E-state index is 9.36. The summed E-state index contributed by atoms with van der Waals surface area (Å²) in [5, 5.41) is 15.8. The van der Waals surface area contributed by atoms with Gasteiger partial charge >= 0.3 is 0 Å². The van der Waals surface area contributed by atoms with Crippen molar-refractivity contribution in [1.29, 1.82) is 0 Å². The number of H-pyrrole nitrogens is 1. The van der Waals surface area contributed by atoms with Crippen LogP contribution in [0.5, 0.6) is 11.5 Å². The number of aromatic nitrogens is 3. The number of nitrogens with zero attached hydrogens (tertiary/aromatic N) is 2. The normalized spacial score (nSPS) is 10.1. The van der Waals surface area contributed by atoms with Crippen molar-refractivity contribution < 1.29 is 9.84 Å². The monoisotopic (exact) mass is 191 g/mol. The number of phenols is 1. The van der Waals surface area contributed by atoms with Gasteiger partial charge in [-0.2, -0.15) is 5.10 Å². The van der Waals surface area contributed by atoms with E-state index in [9.17, 15) is 5.11 Å². The minimum absolute atomic E-state index is 0.107. The zero-order valence-corrected chi connectivity index (χ0v) is 7.56. The summed E-state index contributed by atoms with van der Waals surface area (Å²) in [6.45, 7) is 0. The highest BCUT2D eigenvalue weighted by Gasteiger charge is 2.05. The highest BCUT2D eigenvalue weighted by atomic mass is 16.5. The summed E-state index contributed by atoms with van der Waals surface area (Å²) >= 11 is 0. The molecule has 0 fully saturated rings. The molecule has 0 saturated heterocycles. The molecule has 0 spiro atoms. The number of phenolic OH excluding ortho intramolecular Hbond substituents is 1. The van der Waals surface area contributed by atoms with Crippen molar-refractivity contribution in [3.63, 3.8) is 0 Å². The molecule has 2 N–H and O–H groups in total. The molecule has 72 valence electrons. The zero-order valence-electron chi connectivity index (χ0n) is 7.56. The van der Waals surface area contributed by atoms with Crippen LogP contribution in [0.1, 0.15) is 0 Å². The predicted octanol–water partition coefficient (Wildman–Crippen LogP) is 1.19. The number of hydrogen-bond donors (Lipinski definition) is 2. The Morgan fingerprint density at radius 3 is 2.93 bits per heavy atom. The number of hydrogen-bond acceptors (Lipinski definition) is 4. The summed E-state index contributed by atoms with van der Waals surface area (Å²) in [6.07, 6.45) is 1.43. The van der Waals surface area contributed by atoms with Gasteiger partial charge in [-0.25, -0.2) is 4.98 Å². The Balaban J connectivity index is 2.46. The van der Waals surface area contributed by atoms with Crippen molar-refractivity contribution in [2.75, 3.05) is 7.11 Å². The summed E-state index contributed by atoms with van der Waals surface area (Å²) in [7, 11) is 1.50. The summed E-state index contributed by atoms with van der Waals surface area (Å²) in [5.41, 5.74) is 0.817. The Morgan fingerprint density at radius 2 is 2.29 bits per heavy atom. The first kappa shape index (κ1) is 8.55. The number of aromatic hydroxyl groups is 1. The lowest BCUT2D eigenvalue weighted by atomic mass is 10.2. The molecule has 1 heterocycles. The molecule has 0 unspecified atom stereocenters. The first-order valence-electron chi connectivity index (χ1n) is 4.04. The quantitative estimate of drug-likeness (QED) is 0.747. The van der Waals surface area contributed by atoms with Crippen molar-refractivity contribution in [2.24, 2.45) is 0 Å². The third-order valence-corrected chi connectivity index (χ3v) is 1.87. The molecule has 5 nitrogen and oxygen atoms in total. The Bertz CT molecular complexity index is 426. The summed E-state index contributed by atoms with van der Waals surface area (Å²) in [4.78, 5) is 3.99. The van der Waals surface area contributed by atoms with Gasteiger partial charge in [0.1, 0.15) is 6.33 Å². The predicted molar refractivity (Wildman–Crippen MR) is 50.0 cm³/mol. The van der Waals surface area contributed by atoms with E-state index in [-0.39, 0.29) is 5.75 Å². The fraction of sp³-hybridized carbons (Fsp3) is 0.111. The lowest BCUT2D eigenvalue weighted by Gasteiger charge is -2.04. The molecule has 5 heteroatoms. The summed E-state index contributed by atoms with van der Waals surface area (Å²) < 4.78 is 4.97. The van der Waals surface area contributed by atoms with Crippen LogP contribution in [0.3, 0.4) is 0 Å². The molecule has 14 heavy (non-hydrogen) atoms. The fourth-order valence-electron chi connectivity index (χ4n) is 1.17. The maximum atomic E-state index is 9.36. The van der Waals surface area contributed by atoms with E-state index >= 15 is 0 Å². The van der Waals surface area contributed by atoms with Gasteiger partial charge in [-0.15, -0.1) is 0 Å². The molecule has 2 rings (SSSR count). The number of rotatable bonds is 2. The zero-order chi connectivity index (χ0) is 9.97. The first-order chi connectivity index (χ1) is 6.81. The SMILES string of the molecule is COc1cc(-c2ncn[nH]2)ccc1O. The van der Waals surface area contributed by atoms with Crippen LogP contribution in [0, 0.1) is 0 Å². The highest BCUT2D eigenvalue weighted by molar-refractivity contribution is 5.60. The van der Waals surface area contributed by atoms with E-state index in [2.05, 4.69) is 15.2 Å². The molecule has 0 radical (unpaired) electrons. The molecule has 0 aliphatic heterocycles. The Hall–Kier alpha value is -2.04. The smallest absolute Gasteiger partial charge is 0.161 e. The van der Waals surface area contributed by atoms with E-state index in [4.69, 9.17) is 4.74 Å². The van der Waals surface area contributed by atoms with Crippen LogP contribution in [-0.2, 0) is 0 Å². The topological polar surface area (TPSA) is 71.0 Å². The average Bonchev–Trinajstić information content (AvgIpc) is 2.71. The van der Waals surface area contributed by atoms with Crippen LogP contribution in [-0.4, -0.2) is 27.4 Å². The molecular weight excluding hydrogens is 182 g/mol. The maximum Gasteiger partial charge on any atom is 0.161 e. The third kappa shape index (κ3) is 1.39. The van der Waals surface area contributed by atoms with Crippen LogP contribution in [0.4, 0.5) is 0 Å². The lowest BCUT2D eigenvalue weighted by molar-refractivity contribution is 0.373. The second-order valence-corrected chi connectivity index (χ2v) is 2.72. The highest BCUT2D eigenvalue weighted by Crippen LogP contribution is 2.29. The largest absolute Gasteiger partial charge is 0.504 e. The van der Waals surface area contributed by atoms with Crippen molar-refractivity contribution in [3.8, 4) is 22.9 Å². The summed E-state index contributed by atoms with van der Waals surface area (Å²) in [5.74, 6) is 1.16. The van der Waals surface area contributed by atoms with Crippen LogP contribution in [0.15, 0.2) is 24.5 Å². The van der Waals surface area contributed by atoms with Crippen LogP contribution >= 0.6 is 0 Å². The van der Waals surface area contributed by atoms with E-state index in [1.165, 1.54) is 13.4 Å². The molecule has 0 atom stereocenters. The van der Waals surface area contributed by atoms with Gasteiger partial charge < -0.3 is 9.84 Å². The van der Waals surface area contributed by atoms with Crippen LogP contribution < -0.4 is 4.74 Å². The van der Waals surface area contributed by atoms with Gasteiger partial charge in [0.25, 0.3) is 0 Å². The van der Waals surface area contributed by atoms with Gasteiger partial charge in [-0.1, -0.05) is 0 Å². The molecule has 0 bridgehead atoms. The number of ether oxygens (including phenoxy) is 1. The van der Waals surface area contributed by atoms with Gasteiger partial charge in [0.05, 0.1) is 7.11 Å². The van der Waals surface area contributed by atoms with Gasteiger partial charge in [0, 0.05) is 5.56 Å². The van der Waals surface area contributed by atoms with Crippen molar-refractivity contribution >= 4 is 0 Å². The van der Waals surface area contributed by atoms with Crippen molar-refractivity contribution in [3.05, 3.63) is 24.5 Å². The van der Waals surface area contributed by atoms with Gasteiger partial charge in [-0.05, 0) is 18.2 Å².